The minimum atomic E-state index is -4.06. The lowest BCUT2D eigenvalue weighted by Crippen LogP contribution is -2.15. The Morgan fingerprint density at radius 3 is 2.50 bits per heavy atom. The normalized spacial score (nSPS) is 11.3. The summed E-state index contributed by atoms with van der Waals surface area (Å²) in [6.45, 7) is 2.06. The minimum Gasteiger partial charge on any atom is -0.462 e. The van der Waals surface area contributed by atoms with Crippen molar-refractivity contribution in [2.75, 3.05) is 6.61 Å². The summed E-state index contributed by atoms with van der Waals surface area (Å²) in [7, 11) is -4.06. The Hall–Kier alpha value is -0.820. The molecule has 0 saturated carbocycles. The fourth-order valence-corrected chi connectivity index (χ4v) is 2.52. The smallest absolute Gasteiger partial charge is 0.338 e. The molecule has 0 aliphatic heterocycles. The van der Waals surface area contributed by atoms with Crippen molar-refractivity contribution in [2.45, 2.75) is 18.2 Å². The van der Waals surface area contributed by atoms with Crippen molar-refractivity contribution in [3.63, 3.8) is 0 Å². The van der Waals surface area contributed by atoms with Crippen LogP contribution in [0.4, 0.5) is 0 Å². The van der Waals surface area contributed by atoms with Gasteiger partial charge in [-0.25, -0.2) is 18.4 Å². The molecule has 0 aliphatic rings. The molecule has 0 aromatic heterocycles. The van der Waals surface area contributed by atoms with E-state index in [1.165, 1.54) is 6.07 Å². The van der Waals surface area contributed by atoms with Crippen molar-refractivity contribution >= 4 is 39.2 Å². The third kappa shape index (κ3) is 3.58. The highest BCUT2D eigenvalue weighted by atomic mass is 35.5. The van der Waals surface area contributed by atoms with Crippen LogP contribution in [0.25, 0.3) is 0 Å². The lowest BCUT2D eigenvalue weighted by molar-refractivity contribution is 0.0505. The Bertz CT molecular complexity index is 571. The third-order valence-corrected chi connectivity index (χ3v) is 3.82. The number of benzene rings is 1. The molecular weight excluding hydrogens is 301 g/mol. The van der Waals surface area contributed by atoms with E-state index >= 15 is 0 Å². The number of ether oxygens (including phenoxy) is 1. The van der Waals surface area contributed by atoms with Crippen LogP contribution in [0, 0.1) is 0 Å². The average Bonchev–Trinajstić information content (AvgIpc) is 2.27. The minimum absolute atomic E-state index is 0.0122. The largest absolute Gasteiger partial charge is 0.462 e. The van der Waals surface area contributed by atoms with Crippen molar-refractivity contribution in [3.8, 4) is 0 Å². The Morgan fingerprint density at radius 1 is 1.39 bits per heavy atom. The molecule has 0 heterocycles. The first-order chi connectivity index (χ1) is 8.27. The maximum absolute atomic E-state index is 11.6. The molecule has 100 valence electrons. The van der Waals surface area contributed by atoms with Gasteiger partial charge >= 0.3 is 5.97 Å². The standard InChI is InChI=1S/C10H11Cl2NO4S/c1-2-3-17-10(14)6-4-7(11)9(12)8(5-6)18(13,15)16/h4-5H,2-3H2,1H3,(H2,13,15,16). The summed E-state index contributed by atoms with van der Waals surface area (Å²) in [5.41, 5.74) is -0.0122. The maximum Gasteiger partial charge on any atom is 0.338 e. The first kappa shape index (κ1) is 15.2. The van der Waals surface area contributed by atoms with Gasteiger partial charge in [0.05, 0.1) is 22.2 Å². The van der Waals surface area contributed by atoms with E-state index in [1.54, 1.807) is 0 Å². The Morgan fingerprint density at radius 2 is 2.00 bits per heavy atom. The number of halogens is 2. The Kier molecular flexibility index (Phi) is 4.98. The van der Waals surface area contributed by atoms with Crippen molar-refractivity contribution in [3.05, 3.63) is 27.7 Å². The molecule has 5 nitrogen and oxygen atoms in total. The van der Waals surface area contributed by atoms with Crippen molar-refractivity contribution in [1.29, 1.82) is 0 Å². The molecule has 18 heavy (non-hydrogen) atoms. The monoisotopic (exact) mass is 311 g/mol. The van der Waals surface area contributed by atoms with Crippen LogP contribution in [0.3, 0.4) is 0 Å². The summed E-state index contributed by atoms with van der Waals surface area (Å²) in [5.74, 6) is -0.680. The number of nitrogens with two attached hydrogens (primary N) is 1. The number of carbonyl (C=O) groups is 1. The number of sulfonamides is 1. The van der Waals surface area contributed by atoms with Gasteiger partial charge in [-0.05, 0) is 18.6 Å². The lowest BCUT2D eigenvalue weighted by Gasteiger charge is -2.08. The van der Waals surface area contributed by atoms with E-state index in [1.807, 2.05) is 6.92 Å². The number of hydrogen-bond donors (Lipinski definition) is 1. The summed E-state index contributed by atoms with van der Waals surface area (Å²) in [4.78, 5) is 11.2. The SMILES string of the molecule is CCCOC(=O)c1cc(Cl)c(Cl)c(S(N)(=O)=O)c1. The second-order valence-corrected chi connectivity index (χ2v) is 5.77. The second kappa shape index (κ2) is 5.88. The van der Waals surface area contributed by atoms with Gasteiger partial charge in [0.2, 0.25) is 10.0 Å². The van der Waals surface area contributed by atoms with E-state index in [-0.39, 0.29) is 22.2 Å². The van der Waals surface area contributed by atoms with Gasteiger partial charge in [-0.15, -0.1) is 0 Å². The molecule has 0 amide bonds. The van der Waals surface area contributed by atoms with Crippen LogP contribution < -0.4 is 5.14 Å². The zero-order chi connectivity index (χ0) is 13.9. The Balaban J connectivity index is 3.25. The summed E-state index contributed by atoms with van der Waals surface area (Å²) >= 11 is 11.5. The predicted molar refractivity (Wildman–Crippen MR) is 68.4 cm³/mol. The first-order valence-electron chi connectivity index (χ1n) is 4.96. The van der Waals surface area contributed by atoms with Gasteiger partial charge in [-0.1, -0.05) is 30.1 Å². The number of primary sulfonamides is 1. The molecule has 0 aliphatic carbocycles. The zero-order valence-electron chi connectivity index (χ0n) is 9.44. The molecule has 1 aromatic carbocycles. The quantitative estimate of drug-likeness (QED) is 0.864. The van der Waals surface area contributed by atoms with E-state index in [4.69, 9.17) is 33.1 Å². The van der Waals surface area contributed by atoms with Crippen LogP contribution in [-0.2, 0) is 14.8 Å². The van der Waals surface area contributed by atoms with E-state index in [0.717, 1.165) is 6.07 Å². The van der Waals surface area contributed by atoms with Crippen molar-refractivity contribution in [2.24, 2.45) is 5.14 Å². The van der Waals surface area contributed by atoms with Crippen LogP contribution in [0.1, 0.15) is 23.7 Å². The molecule has 0 atom stereocenters. The summed E-state index contributed by atoms with van der Waals surface area (Å²) < 4.78 is 27.4. The highest BCUT2D eigenvalue weighted by Crippen LogP contribution is 2.30. The van der Waals surface area contributed by atoms with Gasteiger partial charge in [-0.2, -0.15) is 0 Å². The molecule has 0 spiro atoms. The van der Waals surface area contributed by atoms with Gasteiger partial charge in [0.15, 0.2) is 0 Å². The fraction of sp³-hybridized carbons (Fsp3) is 0.300. The van der Waals surface area contributed by atoms with E-state index in [2.05, 4.69) is 0 Å². The Labute approximate surface area is 115 Å². The van der Waals surface area contributed by atoms with E-state index in [0.29, 0.717) is 6.42 Å². The molecule has 8 heteroatoms. The summed E-state index contributed by atoms with van der Waals surface area (Å²) in [6.07, 6.45) is 0.648. The number of hydrogen-bond acceptors (Lipinski definition) is 4. The molecular formula is C10H11Cl2NO4S. The molecule has 1 rings (SSSR count). The van der Waals surface area contributed by atoms with Crippen molar-refractivity contribution in [1.82, 2.24) is 0 Å². The van der Waals surface area contributed by atoms with Gasteiger partial charge in [0.1, 0.15) is 4.90 Å². The van der Waals surface area contributed by atoms with Crippen LogP contribution in [0.2, 0.25) is 10.0 Å². The van der Waals surface area contributed by atoms with E-state index < -0.39 is 20.9 Å². The highest BCUT2D eigenvalue weighted by molar-refractivity contribution is 7.89. The lowest BCUT2D eigenvalue weighted by atomic mass is 10.2. The molecule has 0 unspecified atom stereocenters. The third-order valence-electron chi connectivity index (χ3n) is 1.97. The van der Waals surface area contributed by atoms with Gasteiger partial charge < -0.3 is 4.74 Å². The fourth-order valence-electron chi connectivity index (χ4n) is 1.17. The maximum atomic E-state index is 11.6. The number of carbonyl (C=O) groups excluding carboxylic acids is 1. The second-order valence-electron chi connectivity index (χ2n) is 3.45. The van der Waals surface area contributed by atoms with E-state index in [9.17, 15) is 13.2 Å². The van der Waals surface area contributed by atoms with Crippen molar-refractivity contribution < 1.29 is 17.9 Å². The van der Waals surface area contributed by atoms with Crippen LogP contribution in [0.15, 0.2) is 17.0 Å². The topological polar surface area (TPSA) is 86.5 Å². The van der Waals surface area contributed by atoms with Crippen LogP contribution >= 0.6 is 23.2 Å². The van der Waals surface area contributed by atoms with Gasteiger partial charge in [-0.3, -0.25) is 0 Å². The molecule has 0 radical (unpaired) electrons. The number of rotatable bonds is 4. The number of esters is 1. The highest BCUT2D eigenvalue weighted by Gasteiger charge is 2.20. The summed E-state index contributed by atoms with van der Waals surface area (Å²) in [6, 6.07) is 2.28. The zero-order valence-corrected chi connectivity index (χ0v) is 11.8. The molecule has 2 N–H and O–H groups in total. The van der Waals surface area contributed by atoms with Gasteiger partial charge in [0.25, 0.3) is 0 Å². The molecule has 0 bridgehead atoms. The molecule has 1 aromatic rings. The molecule has 0 saturated heterocycles. The summed E-state index contributed by atoms with van der Waals surface area (Å²) in [5, 5.41) is 4.68. The average molecular weight is 312 g/mol. The molecule has 0 fully saturated rings. The predicted octanol–water partition coefficient (Wildman–Crippen LogP) is 2.21. The van der Waals surface area contributed by atoms with Crippen LogP contribution in [-0.4, -0.2) is 21.0 Å². The first-order valence-corrected chi connectivity index (χ1v) is 7.26. The van der Waals surface area contributed by atoms with Gasteiger partial charge in [0, 0.05) is 0 Å². The van der Waals surface area contributed by atoms with Crippen LogP contribution in [0.5, 0.6) is 0 Å².